The highest BCUT2D eigenvalue weighted by atomic mass is 79.9. The number of imide groups is 1. The van der Waals surface area contributed by atoms with E-state index in [1.165, 1.54) is 29.2 Å². The summed E-state index contributed by atoms with van der Waals surface area (Å²) in [5, 5.41) is 11.8. The number of carbonyl (C=O) groups excluding carboxylic acids is 3. The summed E-state index contributed by atoms with van der Waals surface area (Å²) in [6.45, 7) is 0. The second-order valence-corrected chi connectivity index (χ2v) is 9.93. The van der Waals surface area contributed by atoms with Gasteiger partial charge in [-0.05, 0) is 49.2 Å². The van der Waals surface area contributed by atoms with Gasteiger partial charge >= 0.3 is 5.97 Å². The summed E-state index contributed by atoms with van der Waals surface area (Å²) in [4.78, 5) is 51.1. The van der Waals surface area contributed by atoms with Gasteiger partial charge in [-0.2, -0.15) is 0 Å². The molecule has 2 fully saturated rings. The molecule has 0 unspecified atom stereocenters. The second-order valence-electron chi connectivity index (χ2n) is 7.58. The van der Waals surface area contributed by atoms with Crippen molar-refractivity contribution >= 4 is 66.9 Å². The molecule has 0 spiro atoms. The molecule has 7 nitrogen and oxygen atoms in total. The average Bonchev–Trinajstić information content (AvgIpc) is 2.98. The lowest BCUT2D eigenvalue weighted by molar-refractivity contribution is -0.122. The molecule has 0 aromatic heterocycles. The molecule has 4 atom stereocenters. The van der Waals surface area contributed by atoms with Gasteiger partial charge in [0.05, 0.1) is 28.8 Å². The molecule has 2 aliphatic rings. The highest BCUT2D eigenvalue weighted by molar-refractivity contribution is 9.12. The molecule has 9 heteroatoms. The first-order chi connectivity index (χ1) is 14.8. The largest absolute Gasteiger partial charge is 0.478 e. The van der Waals surface area contributed by atoms with Gasteiger partial charge in [0, 0.05) is 15.2 Å². The van der Waals surface area contributed by atoms with Crippen molar-refractivity contribution in [2.45, 2.75) is 22.5 Å². The van der Waals surface area contributed by atoms with E-state index in [4.69, 9.17) is 0 Å². The minimum absolute atomic E-state index is 0.0153. The highest BCUT2D eigenvalue weighted by Crippen LogP contribution is 2.44. The summed E-state index contributed by atoms with van der Waals surface area (Å²) >= 11 is 7.14. The van der Waals surface area contributed by atoms with Gasteiger partial charge in [0.2, 0.25) is 11.8 Å². The van der Waals surface area contributed by atoms with Gasteiger partial charge in [-0.3, -0.25) is 19.3 Å². The molecule has 0 bridgehead atoms. The van der Waals surface area contributed by atoms with Crippen LogP contribution in [-0.2, 0) is 9.59 Å². The lowest BCUT2D eigenvalue weighted by atomic mass is 9.81. The number of hydrogen-bond acceptors (Lipinski definition) is 4. The summed E-state index contributed by atoms with van der Waals surface area (Å²) in [6, 6.07) is 12.3. The number of rotatable bonds is 4. The second kappa shape index (κ2) is 8.55. The maximum absolute atomic E-state index is 12.9. The van der Waals surface area contributed by atoms with Crippen molar-refractivity contribution in [2.75, 3.05) is 10.2 Å². The van der Waals surface area contributed by atoms with Crippen LogP contribution >= 0.6 is 31.9 Å². The SMILES string of the molecule is O=C(Nc1ccccc1C(=O)O)c1ccc(N2C(=O)[C@@H]3C[C@@H](Br)[C@@H](Br)C[C@H]3C2=O)cc1. The zero-order valence-corrected chi connectivity index (χ0v) is 19.3. The number of nitrogens with one attached hydrogen (secondary N) is 1. The van der Waals surface area contributed by atoms with E-state index >= 15 is 0 Å². The molecular weight excluding hydrogens is 532 g/mol. The van der Waals surface area contributed by atoms with E-state index in [-0.39, 0.29) is 50.1 Å². The van der Waals surface area contributed by atoms with E-state index in [1.807, 2.05) is 0 Å². The maximum atomic E-state index is 12.9. The van der Waals surface area contributed by atoms with Crippen molar-refractivity contribution in [3.05, 3.63) is 59.7 Å². The fraction of sp³-hybridized carbons (Fsp3) is 0.273. The monoisotopic (exact) mass is 548 g/mol. The summed E-state index contributed by atoms with van der Waals surface area (Å²) in [5.41, 5.74) is 0.871. The third kappa shape index (κ3) is 4.04. The first-order valence-electron chi connectivity index (χ1n) is 9.67. The Morgan fingerprint density at radius 2 is 1.45 bits per heavy atom. The number of halogens is 2. The Bertz CT molecular complexity index is 1040. The standard InChI is InChI=1S/C22H18Br2N2O5/c23-16-9-14-15(10-17(16)24)21(29)26(20(14)28)12-7-5-11(6-8-12)19(27)25-18-4-2-1-3-13(18)22(30)31/h1-8,14-17H,9-10H2,(H,25,27)(H,30,31)/t14-,15-,16-,17+/m1/s1. The Balaban J connectivity index is 1.52. The van der Waals surface area contributed by atoms with Gasteiger partial charge in [-0.15, -0.1) is 0 Å². The maximum Gasteiger partial charge on any atom is 0.337 e. The van der Waals surface area contributed by atoms with Gasteiger partial charge < -0.3 is 10.4 Å². The van der Waals surface area contributed by atoms with Crippen molar-refractivity contribution in [1.29, 1.82) is 0 Å². The van der Waals surface area contributed by atoms with E-state index in [9.17, 15) is 24.3 Å². The number of carboxylic acids is 1. The lowest BCUT2D eigenvalue weighted by Gasteiger charge is -2.29. The molecule has 1 aliphatic heterocycles. The Hall–Kier alpha value is -2.52. The molecule has 1 aliphatic carbocycles. The van der Waals surface area contributed by atoms with Gasteiger partial charge in [-0.1, -0.05) is 44.0 Å². The minimum atomic E-state index is -1.14. The fourth-order valence-electron chi connectivity index (χ4n) is 4.08. The number of hydrogen-bond donors (Lipinski definition) is 2. The molecule has 3 amide bonds. The number of benzene rings is 2. The topological polar surface area (TPSA) is 104 Å². The molecule has 1 saturated heterocycles. The molecule has 4 rings (SSSR count). The van der Waals surface area contributed by atoms with Gasteiger partial charge in [0.1, 0.15) is 0 Å². The summed E-state index contributed by atoms with van der Waals surface area (Å²) in [7, 11) is 0. The molecule has 160 valence electrons. The van der Waals surface area contributed by atoms with Crippen molar-refractivity contribution in [1.82, 2.24) is 0 Å². The number of carbonyl (C=O) groups is 4. The third-order valence-electron chi connectivity index (χ3n) is 5.70. The molecule has 0 radical (unpaired) electrons. The minimum Gasteiger partial charge on any atom is -0.478 e. The van der Waals surface area contributed by atoms with Gasteiger partial charge in [0.15, 0.2) is 0 Å². The van der Waals surface area contributed by atoms with Crippen LogP contribution in [0.1, 0.15) is 33.6 Å². The van der Waals surface area contributed by atoms with E-state index in [2.05, 4.69) is 37.2 Å². The Morgan fingerprint density at radius 3 is 2.00 bits per heavy atom. The zero-order chi connectivity index (χ0) is 22.3. The number of fused-ring (bicyclic) bond motifs is 1. The Morgan fingerprint density at radius 1 is 0.903 bits per heavy atom. The van der Waals surface area contributed by atoms with E-state index < -0.39 is 11.9 Å². The summed E-state index contributed by atoms with van der Waals surface area (Å²) in [5.74, 6) is -2.76. The van der Waals surface area contributed by atoms with Crippen LogP contribution in [0.4, 0.5) is 11.4 Å². The van der Waals surface area contributed by atoms with Crippen LogP contribution in [0, 0.1) is 11.8 Å². The number of amides is 3. The first-order valence-corrected chi connectivity index (χ1v) is 11.5. The number of para-hydroxylation sites is 1. The first kappa shape index (κ1) is 21.7. The number of alkyl halides is 2. The van der Waals surface area contributed by atoms with Crippen molar-refractivity contribution in [3.8, 4) is 0 Å². The molecule has 1 saturated carbocycles. The van der Waals surface area contributed by atoms with Crippen LogP contribution in [0.5, 0.6) is 0 Å². The molecular formula is C22H18Br2N2O5. The van der Waals surface area contributed by atoms with Gasteiger partial charge in [0.25, 0.3) is 5.91 Å². The lowest BCUT2D eigenvalue weighted by Crippen LogP contribution is -2.34. The van der Waals surface area contributed by atoms with E-state index in [0.29, 0.717) is 18.5 Å². The van der Waals surface area contributed by atoms with Crippen molar-refractivity contribution in [2.24, 2.45) is 11.8 Å². The van der Waals surface area contributed by atoms with Crippen LogP contribution in [0.15, 0.2) is 48.5 Å². The highest BCUT2D eigenvalue weighted by Gasteiger charge is 2.52. The number of nitrogens with zero attached hydrogens (tertiary/aromatic N) is 1. The molecule has 1 heterocycles. The molecule has 2 aromatic carbocycles. The van der Waals surface area contributed by atoms with Crippen LogP contribution in [0.25, 0.3) is 0 Å². The van der Waals surface area contributed by atoms with Crippen LogP contribution < -0.4 is 10.2 Å². The van der Waals surface area contributed by atoms with E-state index in [1.54, 1.807) is 24.3 Å². The van der Waals surface area contributed by atoms with Crippen molar-refractivity contribution < 1.29 is 24.3 Å². The van der Waals surface area contributed by atoms with Gasteiger partial charge in [-0.25, -0.2) is 4.79 Å². The van der Waals surface area contributed by atoms with Crippen molar-refractivity contribution in [3.63, 3.8) is 0 Å². The van der Waals surface area contributed by atoms with E-state index in [0.717, 1.165) is 0 Å². The smallest absolute Gasteiger partial charge is 0.337 e. The fourth-order valence-corrected chi connectivity index (χ4v) is 5.32. The normalized spacial score (nSPS) is 25.3. The predicted molar refractivity (Wildman–Crippen MR) is 122 cm³/mol. The molecule has 2 aromatic rings. The predicted octanol–water partition coefficient (Wildman–Crippen LogP) is 4.06. The average molecular weight is 550 g/mol. The Kier molecular flexibility index (Phi) is 5.98. The summed E-state index contributed by atoms with van der Waals surface area (Å²) < 4.78 is 0. The quantitative estimate of drug-likeness (QED) is 0.442. The number of anilines is 2. The number of carboxylic acid groups (broad SMARTS) is 1. The zero-order valence-electron chi connectivity index (χ0n) is 16.1. The summed E-state index contributed by atoms with van der Waals surface area (Å²) in [6.07, 6.45) is 1.18. The Labute approximate surface area is 195 Å². The molecule has 31 heavy (non-hydrogen) atoms. The molecule has 2 N–H and O–H groups in total. The van der Waals surface area contributed by atoms with Crippen LogP contribution in [-0.4, -0.2) is 38.5 Å². The number of aromatic carboxylic acids is 1. The van der Waals surface area contributed by atoms with Crippen LogP contribution in [0.2, 0.25) is 0 Å². The third-order valence-corrected chi connectivity index (χ3v) is 8.44. The van der Waals surface area contributed by atoms with Crippen LogP contribution in [0.3, 0.4) is 0 Å².